The first-order valence-electron chi connectivity index (χ1n) is 5.65. The average Bonchev–Trinajstić information content (AvgIpc) is 3.11. The fourth-order valence-corrected chi connectivity index (χ4v) is 2.96. The molecule has 2 aromatic carbocycles. The molecule has 0 spiro atoms. The standard InChI is InChI=1S/C15H13Br/c16-15-9-5-4-8-12(15)14-10-13(14)11-6-2-1-3-7-11/h1-9,13-14H,10H2/t13-,14-/m1/s1. The fraction of sp³-hybridized carbons (Fsp3) is 0.200. The third-order valence-electron chi connectivity index (χ3n) is 3.32. The molecule has 0 aromatic heterocycles. The van der Waals surface area contributed by atoms with Crippen LogP contribution in [0.4, 0.5) is 0 Å². The second-order valence-corrected chi connectivity index (χ2v) is 5.24. The first kappa shape index (κ1) is 10.1. The molecule has 1 aliphatic carbocycles. The maximum atomic E-state index is 3.64. The highest BCUT2D eigenvalue weighted by molar-refractivity contribution is 9.10. The zero-order valence-electron chi connectivity index (χ0n) is 8.94. The number of benzene rings is 2. The smallest absolute Gasteiger partial charge is 0.0210 e. The zero-order chi connectivity index (χ0) is 11.0. The quantitative estimate of drug-likeness (QED) is 0.742. The van der Waals surface area contributed by atoms with E-state index in [0.717, 1.165) is 5.92 Å². The summed E-state index contributed by atoms with van der Waals surface area (Å²) in [6.45, 7) is 0. The van der Waals surface area contributed by atoms with Crippen molar-refractivity contribution in [3.8, 4) is 0 Å². The molecular formula is C15H13Br. The van der Waals surface area contributed by atoms with Gasteiger partial charge < -0.3 is 0 Å². The van der Waals surface area contributed by atoms with Gasteiger partial charge in [-0.3, -0.25) is 0 Å². The Labute approximate surface area is 104 Å². The van der Waals surface area contributed by atoms with Gasteiger partial charge in [0, 0.05) is 4.47 Å². The van der Waals surface area contributed by atoms with Crippen LogP contribution in [0, 0.1) is 0 Å². The summed E-state index contributed by atoms with van der Waals surface area (Å²) in [7, 11) is 0. The van der Waals surface area contributed by atoms with E-state index < -0.39 is 0 Å². The van der Waals surface area contributed by atoms with E-state index in [2.05, 4.69) is 70.5 Å². The molecule has 0 bridgehead atoms. The van der Waals surface area contributed by atoms with Crippen molar-refractivity contribution in [2.45, 2.75) is 18.3 Å². The Kier molecular flexibility index (Phi) is 2.56. The van der Waals surface area contributed by atoms with E-state index in [1.807, 2.05) is 0 Å². The summed E-state index contributed by atoms with van der Waals surface area (Å²) in [5, 5.41) is 0. The number of hydrogen-bond acceptors (Lipinski definition) is 0. The Morgan fingerprint density at radius 2 is 1.50 bits per heavy atom. The van der Waals surface area contributed by atoms with Gasteiger partial charge in [0.1, 0.15) is 0 Å². The molecule has 0 nitrogen and oxygen atoms in total. The third kappa shape index (κ3) is 1.80. The Morgan fingerprint density at radius 1 is 0.812 bits per heavy atom. The molecule has 2 aromatic rings. The minimum atomic E-state index is 0.706. The molecule has 3 rings (SSSR count). The number of hydrogen-bond donors (Lipinski definition) is 0. The summed E-state index contributed by atoms with van der Waals surface area (Å²) < 4.78 is 1.25. The van der Waals surface area contributed by atoms with Gasteiger partial charge in [-0.15, -0.1) is 0 Å². The lowest BCUT2D eigenvalue weighted by Gasteiger charge is -2.03. The van der Waals surface area contributed by atoms with Crippen LogP contribution in [-0.2, 0) is 0 Å². The van der Waals surface area contributed by atoms with Crippen molar-refractivity contribution in [2.75, 3.05) is 0 Å². The maximum absolute atomic E-state index is 3.64. The van der Waals surface area contributed by atoms with Crippen molar-refractivity contribution < 1.29 is 0 Å². The second-order valence-electron chi connectivity index (χ2n) is 4.38. The van der Waals surface area contributed by atoms with Crippen LogP contribution >= 0.6 is 15.9 Å². The van der Waals surface area contributed by atoms with Crippen LogP contribution < -0.4 is 0 Å². The normalized spacial score (nSPS) is 23.1. The van der Waals surface area contributed by atoms with Crippen LogP contribution in [0.1, 0.15) is 29.4 Å². The molecule has 1 saturated carbocycles. The maximum Gasteiger partial charge on any atom is 0.0210 e. The van der Waals surface area contributed by atoms with E-state index in [1.165, 1.54) is 22.0 Å². The Hall–Kier alpha value is -1.08. The molecule has 0 N–H and O–H groups in total. The van der Waals surface area contributed by atoms with Gasteiger partial charge in [0.25, 0.3) is 0 Å². The third-order valence-corrected chi connectivity index (χ3v) is 4.05. The molecular weight excluding hydrogens is 260 g/mol. The molecule has 0 radical (unpaired) electrons. The Morgan fingerprint density at radius 3 is 2.25 bits per heavy atom. The van der Waals surface area contributed by atoms with Crippen LogP contribution in [0.15, 0.2) is 59.1 Å². The summed E-state index contributed by atoms with van der Waals surface area (Å²) in [4.78, 5) is 0. The summed E-state index contributed by atoms with van der Waals surface area (Å²) in [6.07, 6.45) is 1.28. The van der Waals surface area contributed by atoms with Crippen LogP contribution in [0.5, 0.6) is 0 Å². The van der Waals surface area contributed by atoms with Gasteiger partial charge >= 0.3 is 0 Å². The molecule has 1 aliphatic rings. The van der Waals surface area contributed by atoms with Gasteiger partial charge in [0.15, 0.2) is 0 Å². The van der Waals surface area contributed by atoms with E-state index in [0.29, 0.717) is 5.92 Å². The van der Waals surface area contributed by atoms with Crippen LogP contribution in [-0.4, -0.2) is 0 Å². The lowest BCUT2D eigenvalue weighted by Crippen LogP contribution is -1.85. The van der Waals surface area contributed by atoms with Crippen molar-refractivity contribution >= 4 is 15.9 Å². The summed E-state index contributed by atoms with van der Waals surface area (Å²) >= 11 is 3.64. The van der Waals surface area contributed by atoms with Crippen LogP contribution in [0.3, 0.4) is 0 Å². The molecule has 2 atom stereocenters. The highest BCUT2D eigenvalue weighted by Crippen LogP contribution is 2.55. The largest absolute Gasteiger partial charge is 0.0622 e. The van der Waals surface area contributed by atoms with Crippen LogP contribution in [0.25, 0.3) is 0 Å². The summed E-state index contributed by atoms with van der Waals surface area (Å²) in [5.41, 5.74) is 2.93. The monoisotopic (exact) mass is 272 g/mol. The second kappa shape index (κ2) is 4.06. The van der Waals surface area contributed by atoms with Gasteiger partial charge in [-0.2, -0.15) is 0 Å². The van der Waals surface area contributed by atoms with E-state index in [-0.39, 0.29) is 0 Å². The predicted molar refractivity (Wildman–Crippen MR) is 70.7 cm³/mol. The van der Waals surface area contributed by atoms with Crippen molar-refractivity contribution in [1.29, 1.82) is 0 Å². The predicted octanol–water partition coefficient (Wildman–Crippen LogP) is 4.72. The van der Waals surface area contributed by atoms with E-state index in [1.54, 1.807) is 0 Å². The van der Waals surface area contributed by atoms with Gasteiger partial charge in [-0.05, 0) is 35.4 Å². The number of halogens is 1. The molecule has 80 valence electrons. The van der Waals surface area contributed by atoms with Gasteiger partial charge in [0.2, 0.25) is 0 Å². The molecule has 16 heavy (non-hydrogen) atoms. The zero-order valence-corrected chi connectivity index (χ0v) is 10.5. The highest BCUT2D eigenvalue weighted by Gasteiger charge is 2.40. The van der Waals surface area contributed by atoms with Crippen LogP contribution in [0.2, 0.25) is 0 Å². The lowest BCUT2D eigenvalue weighted by atomic mass is 10.0. The van der Waals surface area contributed by atoms with Crippen molar-refractivity contribution in [2.24, 2.45) is 0 Å². The van der Waals surface area contributed by atoms with Crippen molar-refractivity contribution in [3.05, 3.63) is 70.2 Å². The first-order chi connectivity index (χ1) is 7.86. The highest BCUT2D eigenvalue weighted by atomic mass is 79.9. The molecule has 1 heteroatoms. The van der Waals surface area contributed by atoms with E-state index >= 15 is 0 Å². The molecule has 1 fully saturated rings. The Balaban J connectivity index is 1.85. The van der Waals surface area contributed by atoms with Gasteiger partial charge in [0.05, 0.1) is 0 Å². The van der Waals surface area contributed by atoms with Crippen molar-refractivity contribution in [1.82, 2.24) is 0 Å². The summed E-state index contributed by atoms with van der Waals surface area (Å²) in [5.74, 6) is 1.43. The van der Waals surface area contributed by atoms with E-state index in [4.69, 9.17) is 0 Å². The molecule has 0 aliphatic heterocycles. The SMILES string of the molecule is Brc1ccccc1[C@H]1C[C@@H]1c1ccccc1. The summed E-state index contributed by atoms with van der Waals surface area (Å²) in [6, 6.07) is 19.4. The minimum Gasteiger partial charge on any atom is -0.0622 e. The Bertz CT molecular complexity index is 490. The first-order valence-corrected chi connectivity index (χ1v) is 6.45. The average molecular weight is 273 g/mol. The van der Waals surface area contributed by atoms with E-state index in [9.17, 15) is 0 Å². The van der Waals surface area contributed by atoms with Gasteiger partial charge in [-0.1, -0.05) is 64.5 Å². The minimum absolute atomic E-state index is 0.706. The molecule has 0 unspecified atom stereocenters. The fourth-order valence-electron chi connectivity index (χ4n) is 2.38. The topological polar surface area (TPSA) is 0 Å². The number of rotatable bonds is 2. The lowest BCUT2D eigenvalue weighted by molar-refractivity contribution is 1.02. The molecule has 0 amide bonds. The van der Waals surface area contributed by atoms with Gasteiger partial charge in [-0.25, -0.2) is 0 Å². The van der Waals surface area contributed by atoms with Crippen molar-refractivity contribution in [3.63, 3.8) is 0 Å². The molecule has 0 heterocycles. The molecule has 0 saturated heterocycles.